The van der Waals surface area contributed by atoms with Crippen molar-refractivity contribution in [2.75, 3.05) is 94.6 Å². The Hall–Kier alpha value is -7.14. The van der Waals surface area contributed by atoms with Crippen LogP contribution >= 0.6 is 0 Å². The van der Waals surface area contributed by atoms with Gasteiger partial charge in [-0.3, -0.25) is 62.5 Å². The fourth-order valence-electron chi connectivity index (χ4n) is 13.6. The number of nitrogens with two attached hydrogens (primary N) is 1. The number of imide groups is 1. The zero-order chi connectivity index (χ0) is 76.0. The number of ketones is 4. The van der Waals surface area contributed by atoms with Crippen molar-refractivity contribution in [1.29, 1.82) is 0 Å². The van der Waals surface area contributed by atoms with Crippen LogP contribution < -0.4 is 21.1 Å². The van der Waals surface area contributed by atoms with Gasteiger partial charge in [-0.05, 0) is 86.6 Å². The first-order chi connectivity index (χ1) is 48.2. The molecule has 2 aromatic carbocycles. The molecule has 0 unspecified atom stereocenters. The van der Waals surface area contributed by atoms with Gasteiger partial charge >= 0.3 is 6.03 Å². The summed E-state index contributed by atoms with van der Waals surface area (Å²) in [7, 11) is 4.04. The van der Waals surface area contributed by atoms with Crippen LogP contribution in [0.5, 0.6) is 0 Å². The number of likely N-dealkylation sites (tertiary alicyclic amines) is 1. The van der Waals surface area contributed by atoms with E-state index in [2.05, 4.69) is 15.4 Å². The number of carbonyl (C=O) groups excluding carboxylic acids is 11. The molecule has 0 bridgehead atoms. The average Bonchev–Trinajstić information content (AvgIpc) is 1.73. The molecule has 1 saturated heterocycles. The molecule has 27 heteroatoms. The summed E-state index contributed by atoms with van der Waals surface area (Å²) in [5, 5.41) is 5.32. The fourth-order valence-corrected chi connectivity index (χ4v) is 14.8. The van der Waals surface area contributed by atoms with E-state index in [0.29, 0.717) is 36.9 Å². The molecule has 0 aromatic heterocycles. The number of benzene rings is 2. The number of sulfonamides is 1. The topological polar surface area (TPSA) is 343 Å². The molecule has 11 atom stereocenters. The minimum absolute atomic E-state index is 0.00910. The van der Waals surface area contributed by atoms with E-state index in [0.717, 1.165) is 4.90 Å². The van der Waals surface area contributed by atoms with Crippen molar-refractivity contribution in [1.82, 2.24) is 35.0 Å². The Morgan fingerprint density at radius 1 is 0.676 bits per heavy atom. The predicted molar refractivity (Wildman–Crippen MR) is 385 cm³/mol. The monoisotopic (exact) mass is 1450 g/mol. The fraction of sp³-hybridized carbons (Fsp3) is 0.667. The molecule has 0 saturated carbocycles. The summed E-state index contributed by atoms with van der Waals surface area (Å²) in [4.78, 5) is 154. The SMILES string of the molecule is CC[C@H](C)[C@@H]([C@@H](CC(=O)N1CCC[C@H]1[C@H](OC)[C@@H](C)C(=O)C[C@@H](Cc1ccccc1)C(=O)NS(=O)(=O)Cc1ccc(CC(=O)[C@H](CCCNC(N)=O)NC(=O)[C@@H](CC(=O)CCOCCOCCOCCN2C(=O)C=CC2=O)C(C)C)cc1)OC)N(C)C(=O)[C@@H](CC(=O)[C@H](C(C)C)N(C)C)C(C)C. The molecule has 570 valence electrons. The third kappa shape index (κ3) is 28.1. The summed E-state index contributed by atoms with van der Waals surface area (Å²) >= 11 is 0. The van der Waals surface area contributed by atoms with Gasteiger partial charge in [-0.2, -0.15) is 0 Å². The summed E-state index contributed by atoms with van der Waals surface area (Å²) in [6.07, 6.45) is 2.45. The molecule has 0 aliphatic carbocycles. The van der Waals surface area contributed by atoms with Crippen LogP contribution in [0.4, 0.5) is 4.79 Å². The zero-order valence-electron chi connectivity index (χ0n) is 62.6. The van der Waals surface area contributed by atoms with Crippen LogP contribution in [-0.2, 0) is 100 Å². The molecule has 2 aromatic rings. The molecule has 4 rings (SSSR count). The van der Waals surface area contributed by atoms with E-state index >= 15 is 0 Å². The molecule has 0 radical (unpaired) electrons. The van der Waals surface area contributed by atoms with Crippen molar-refractivity contribution in [3.63, 3.8) is 0 Å². The predicted octanol–water partition coefficient (Wildman–Crippen LogP) is 5.83. The summed E-state index contributed by atoms with van der Waals surface area (Å²) in [6, 6.07) is 11.8. The van der Waals surface area contributed by atoms with Gasteiger partial charge < -0.3 is 49.9 Å². The molecular formula is C75H116N8O18S. The van der Waals surface area contributed by atoms with Crippen molar-refractivity contribution in [2.24, 2.45) is 53.1 Å². The lowest BCUT2D eigenvalue weighted by molar-refractivity contribution is -0.149. The third-order valence-electron chi connectivity index (χ3n) is 19.5. The molecular weight excluding hydrogens is 1330 g/mol. The van der Waals surface area contributed by atoms with Gasteiger partial charge in [-0.15, -0.1) is 0 Å². The minimum atomic E-state index is -4.40. The normalized spacial score (nSPS) is 17.1. The van der Waals surface area contributed by atoms with Gasteiger partial charge in [-0.1, -0.05) is 123 Å². The second-order valence-electron chi connectivity index (χ2n) is 28.3. The maximum atomic E-state index is 14.7. The third-order valence-corrected chi connectivity index (χ3v) is 20.7. The van der Waals surface area contributed by atoms with E-state index in [1.54, 1.807) is 80.1 Å². The van der Waals surface area contributed by atoms with Gasteiger partial charge in [0.15, 0.2) is 11.6 Å². The Labute approximate surface area is 604 Å². The number of hydrogen-bond donors (Lipinski definition) is 4. The second kappa shape index (κ2) is 43.8. The van der Waals surface area contributed by atoms with Gasteiger partial charge in [-0.25, -0.2) is 13.2 Å². The first kappa shape index (κ1) is 87.3. The van der Waals surface area contributed by atoms with Gasteiger partial charge in [0.2, 0.25) is 33.7 Å². The standard InChI is InChI=1S/C75H116N8O18S/c1-15-51(8)70(81(12)74(93)59(49(4)5)45-64(87)69(50(6)7)80(10)11)65(97-13)46-68(90)82-33-20-24-61(82)71(98-14)52(9)62(85)43-56(41-53-21-17-16-18-22-53)72(91)79-102(95,96)47-55-27-25-54(26-28-55)42-63(86)60(23-19-32-77-75(76)94)78-73(92)58(48(2)3)44-57(84)31-35-99-37-39-101-40-38-100-36-34-83-66(88)29-30-67(83)89/h16-18,21-22,25-30,48-52,56,58-61,65,69-71H,15,19-20,23-24,31-47H2,1-14H3,(H,78,92)(H,79,91)(H3,76,77,94)/t51-,52-,56+,58-,59-,60-,61-,65+,69-,70-,71+/m0/s1. The number of ether oxygens (including phenoxy) is 5. The second-order valence-corrected chi connectivity index (χ2v) is 30.1. The number of likely N-dealkylation sites (N-methyl/N-ethyl adjacent to an activating group) is 2. The Bertz CT molecular complexity index is 3190. The van der Waals surface area contributed by atoms with Gasteiger partial charge in [0.05, 0.1) is 94.7 Å². The first-order valence-electron chi connectivity index (χ1n) is 35.9. The van der Waals surface area contributed by atoms with Crippen LogP contribution in [0.25, 0.3) is 0 Å². The highest BCUT2D eigenvalue weighted by atomic mass is 32.2. The number of urea groups is 1. The number of nitrogens with one attached hydrogen (secondary N) is 3. The van der Waals surface area contributed by atoms with Crippen LogP contribution in [0, 0.1) is 47.3 Å². The molecule has 1 fully saturated rings. The molecule has 2 aliphatic heterocycles. The van der Waals surface area contributed by atoms with Crippen molar-refractivity contribution < 1.29 is 84.8 Å². The van der Waals surface area contributed by atoms with Crippen LogP contribution in [-0.4, -0.2) is 224 Å². The lowest BCUT2D eigenvalue weighted by atomic mass is 9.83. The number of rotatable bonds is 50. The largest absolute Gasteiger partial charge is 0.379 e. The molecule has 26 nitrogen and oxygen atoms in total. The van der Waals surface area contributed by atoms with Crippen molar-refractivity contribution >= 4 is 74.6 Å². The van der Waals surface area contributed by atoms with Crippen molar-refractivity contribution in [3.05, 3.63) is 83.4 Å². The minimum Gasteiger partial charge on any atom is -0.379 e. The number of nitrogens with zero attached hydrogens (tertiary/aromatic N) is 4. The average molecular weight is 1450 g/mol. The van der Waals surface area contributed by atoms with E-state index in [9.17, 15) is 61.2 Å². The lowest BCUT2D eigenvalue weighted by Crippen LogP contribution is -2.54. The van der Waals surface area contributed by atoms with Crippen LogP contribution in [0.1, 0.15) is 143 Å². The first-order valence-corrected chi connectivity index (χ1v) is 37.5. The summed E-state index contributed by atoms with van der Waals surface area (Å²) in [6.45, 7) is 18.9. The van der Waals surface area contributed by atoms with Crippen LogP contribution in [0.3, 0.4) is 0 Å². The molecule has 2 aliphatic rings. The summed E-state index contributed by atoms with van der Waals surface area (Å²) in [5.41, 5.74) is 6.72. The van der Waals surface area contributed by atoms with E-state index in [-0.39, 0.29) is 193 Å². The van der Waals surface area contributed by atoms with Crippen molar-refractivity contribution in [3.8, 4) is 0 Å². The Morgan fingerprint density at radius 3 is 1.83 bits per heavy atom. The molecule has 8 amide bonds. The summed E-state index contributed by atoms with van der Waals surface area (Å²) < 4.78 is 58.7. The van der Waals surface area contributed by atoms with Crippen LogP contribution in [0.15, 0.2) is 66.7 Å². The quantitative estimate of drug-likeness (QED) is 0.0447. The molecule has 2 heterocycles. The van der Waals surface area contributed by atoms with Gasteiger partial charge in [0, 0.05) is 102 Å². The highest BCUT2D eigenvalue weighted by molar-refractivity contribution is 7.89. The highest BCUT2D eigenvalue weighted by Gasteiger charge is 2.44. The number of Topliss-reactive ketones (excluding diaryl/α,β-unsaturated/α-hetero) is 4. The van der Waals surface area contributed by atoms with E-state index in [4.69, 9.17) is 29.4 Å². The Balaban J connectivity index is 1.39. The van der Waals surface area contributed by atoms with E-state index < -0.39 is 87.6 Å². The lowest BCUT2D eigenvalue weighted by Gasteiger charge is -2.41. The van der Waals surface area contributed by atoms with Crippen LogP contribution in [0.2, 0.25) is 0 Å². The zero-order valence-corrected chi connectivity index (χ0v) is 63.4. The Kier molecular flexibility index (Phi) is 37.5. The number of carbonyl (C=O) groups is 11. The smallest absolute Gasteiger partial charge is 0.312 e. The van der Waals surface area contributed by atoms with Crippen molar-refractivity contribution in [2.45, 2.75) is 181 Å². The maximum absolute atomic E-state index is 14.7. The van der Waals surface area contributed by atoms with Gasteiger partial charge in [0.25, 0.3) is 11.8 Å². The van der Waals surface area contributed by atoms with E-state index in [1.807, 2.05) is 60.5 Å². The highest BCUT2D eigenvalue weighted by Crippen LogP contribution is 2.33. The molecule has 102 heavy (non-hydrogen) atoms. The van der Waals surface area contributed by atoms with Gasteiger partial charge in [0.1, 0.15) is 11.6 Å². The molecule has 0 spiro atoms. The number of hydrogen-bond acceptors (Lipinski definition) is 19. The Morgan fingerprint density at radius 2 is 1.27 bits per heavy atom. The maximum Gasteiger partial charge on any atom is 0.312 e. The summed E-state index contributed by atoms with van der Waals surface area (Å²) in [5.74, 6) is -8.14. The number of amides is 8. The molecule has 5 N–H and O–H groups in total. The number of methoxy groups -OCH3 is 2. The van der Waals surface area contributed by atoms with E-state index in [1.165, 1.54) is 38.5 Å². The number of primary amides is 1.